The Kier molecular flexibility index (Phi) is 5.68. The monoisotopic (exact) mass is 359 g/mol. The molecule has 26 heavy (non-hydrogen) atoms. The van der Waals surface area contributed by atoms with Crippen molar-refractivity contribution in [3.63, 3.8) is 0 Å². The molecule has 0 saturated heterocycles. The number of nitrogens with one attached hydrogen (secondary N) is 1. The molecular formula is C19H26BNO5. The first kappa shape index (κ1) is 18.9. The molecule has 0 unspecified atom stereocenters. The van der Waals surface area contributed by atoms with Gasteiger partial charge < -0.3 is 19.7 Å². The summed E-state index contributed by atoms with van der Waals surface area (Å²) in [6.07, 6.45) is 3.92. The third-order valence-corrected chi connectivity index (χ3v) is 5.29. The Labute approximate surface area is 154 Å². The molecule has 1 atom stereocenters. The molecule has 0 spiro atoms. The van der Waals surface area contributed by atoms with Gasteiger partial charge in [0, 0.05) is 5.56 Å². The van der Waals surface area contributed by atoms with Gasteiger partial charge in [-0.2, -0.15) is 0 Å². The minimum atomic E-state index is -1.01. The van der Waals surface area contributed by atoms with Gasteiger partial charge >= 0.3 is 13.1 Å². The molecule has 0 bridgehead atoms. The van der Waals surface area contributed by atoms with Gasteiger partial charge in [-0.25, -0.2) is 4.79 Å². The third kappa shape index (κ3) is 3.79. The van der Waals surface area contributed by atoms with Crippen LogP contribution in [0.1, 0.15) is 61.0 Å². The van der Waals surface area contributed by atoms with Crippen LogP contribution in [0.25, 0.3) is 0 Å². The summed E-state index contributed by atoms with van der Waals surface area (Å²) in [7, 11) is -1.01. The number of carbonyl (C=O) groups excluding carboxylic acids is 2. The number of carbonyl (C=O) groups is 2. The number of ether oxygens (including phenoxy) is 1. The maximum Gasteiger partial charge on any atom is 0.492 e. The van der Waals surface area contributed by atoms with Gasteiger partial charge in [-0.3, -0.25) is 4.79 Å². The summed E-state index contributed by atoms with van der Waals surface area (Å²) in [4.78, 5) is 25.3. The summed E-state index contributed by atoms with van der Waals surface area (Å²) in [5.74, 6) is -0.801. The van der Waals surface area contributed by atoms with E-state index in [1.165, 1.54) is 0 Å². The molecule has 1 aromatic carbocycles. The maximum absolute atomic E-state index is 12.8. The first-order chi connectivity index (χ1) is 12.4. The lowest BCUT2D eigenvalue weighted by atomic mass is 9.75. The van der Waals surface area contributed by atoms with E-state index in [0.29, 0.717) is 23.2 Å². The number of hydrogen-bond donors (Lipinski definition) is 2. The van der Waals surface area contributed by atoms with Crippen LogP contribution in [0.3, 0.4) is 0 Å². The summed E-state index contributed by atoms with van der Waals surface area (Å²) in [5.41, 5.74) is 2.64. The topological polar surface area (TPSA) is 84.9 Å². The Morgan fingerprint density at radius 2 is 2.00 bits per heavy atom. The first-order valence-electron chi connectivity index (χ1n) is 9.32. The van der Waals surface area contributed by atoms with Crippen molar-refractivity contribution in [3.8, 4) is 0 Å². The molecule has 1 aromatic rings. The van der Waals surface area contributed by atoms with Crippen LogP contribution in [0.5, 0.6) is 0 Å². The van der Waals surface area contributed by atoms with Crippen molar-refractivity contribution in [1.29, 1.82) is 0 Å². The number of rotatable bonds is 5. The normalized spacial score (nSPS) is 18.1. The minimum absolute atomic E-state index is 0.0327. The second kappa shape index (κ2) is 7.80. The van der Waals surface area contributed by atoms with E-state index in [1.54, 1.807) is 19.1 Å². The van der Waals surface area contributed by atoms with Crippen LogP contribution in [0.15, 0.2) is 12.1 Å². The van der Waals surface area contributed by atoms with Crippen LogP contribution in [-0.4, -0.2) is 36.2 Å². The maximum atomic E-state index is 12.8. The predicted octanol–water partition coefficient (Wildman–Crippen LogP) is 1.45. The van der Waals surface area contributed by atoms with Gasteiger partial charge in [0.2, 0.25) is 0 Å². The molecule has 7 heteroatoms. The second-order valence-corrected chi connectivity index (χ2v) is 7.51. The zero-order valence-electron chi connectivity index (χ0n) is 15.6. The Hall–Kier alpha value is -1.86. The molecule has 6 nitrogen and oxygen atoms in total. The molecule has 1 fully saturated rings. The Bertz CT molecular complexity index is 699. The molecule has 0 radical (unpaired) electrons. The highest BCUT2D eigenvalue weighted by Crippen LogP contribution is 2.22. The Balaban J connectivity index is 1.74. The number of hydrogen-bond acceptors (Lipinski definition) is 5. The molecule has 1 aliphatic heterocycles. The average molecular weight is 359 g/mol. The van der Waals surface area contributed by atoms with Crippen LogP contribution in [0, 0.1) is 12.8 Å². The summed E-state index contributed by atoms with van der Waals surface area (Å²) in [6.45, 7) is 5.89. The van der Waals surface area contributed by atoms with Crippen LogP contribution in [0.4, 0.5) is 0 Å². The fourth-order valence-corrected chi connectivity index (χ4v) is 3.71. The molecule has 1 amide bonds. The van der Waals surface area contributed by atoms with E-state index < -0.39 is 13.2 Å². The van der Waals surface area contributed by atoms with Gasteiger partial charge in [-0.15, -0.1) is 0 Å². The SMILES string of the molecule is Cc1c(C(=O)N[C@H](C(=O)OC2CCCC2)C(C)C)ccc2c1B(O)OC2. The van der Waals surface area contributed by atoms with Gasteiger partial charge in [-0.05, 0) is 61.2 Å². The van der Waals surface area contributed by atoms with Crippen LogP contribution >= 0.6 is 0 Å². The minimum Gasteiger partial charge on any atom is -0.461 e. The number of fused-ring (bicyclic) bond motifs is 1. The van der Waals surface area contributed by atoms with E-state index in [2.05, 4.69) is 5.32 Å². The van der Waals surface area contributed by atoms with Gasteiger partial charge in [0.05, 0.1) is 6.61 Å². The lowest BCUT2D eigenvalue weighted by Gasteiger charge is -2.23. The summed E-state index contributed by atoms with van der Waals surface area (Å²) in [5, 5.41) is 12.8. The molecule has 2 aliphatic rings. The standard InChI is InChI=1S/C19H26BNO5/c1-11(2)17(19(23)26-14-6-4-5-7-14)21-18(22)15-9-8-13-10-25-20(24)16(13)12(15)3/h8-9,11,14,17,24H,4-7,10H2,1-3H3,(H,21,22)/t17-/m0/s1. The predicted molar refractivity (Wildman–Crippen MR) is 98.0 cm³/mol. The fourth-order valence-electron chi connectivity index (χ4n) is 3.71. The molecular weight excluding hydrogens is 333 g/mol. The molecule has 1 saturated carbocycles. The molecule has 1 heterocycles. The third-order valence-electron chi connectivity index (χ3n) is 5.29. The van der Waals surface area contributed by atoms with Crippen molar-refractivity contribution in [2.75, 3.05) is 0 Å². The lowest BCUT2D eigenvalue weighted by molar-refractivity contribution is -0.152. The van der Waals surface area contributed by atoms with Crippen molar-refractivity contribution in [3.05, 3.63) is 28.8 Å². The highest BCUT2D eigenvalue weighted by Gasteiger charge is 2.33. The molecule has 140 valence electrons. The largest absolute Gasteiger partial charge is 0.492 e. The Morgan fingerprint density at radius 1 is 1.31 bits per heavy atom. The molecule has 2 N–H and O–H groups in total. The number of benzene rings is 1. The molecule has 0 aromatic heterocycles. The molecule has 1 aliphatic carbocycles. The zero-order valence-corrected chi connectivity index (χ0v) is 15.6. The fraction of sp³-hybridized carbons (Fsp3) is 0.579. The van der Waals surface area contributed by atoms with Crippen molar-refractivity contribution in [2.24, 2.45) is 5.92 Å². The van der Waals surface area contributed by atoms with Gasteiger partial charge in [-0.1, -0.05) is 19.9 Å². The highest BCUT2D eigenvalue weighted by atomic mass is 16.5. The van der Waals surface area contributed by atoms with E-state index >= 15 is 0 Å². The van der Waals surface area contributed by atoms with E-state index in [-0.39, 0.29) is 23.9 Å². The van der Waals surface area contributed by atoms with Crippen LogP contribution in [-0.2, 0) is 20.8 Å². The van der Waals surface area contributed by atoms with Crippen LogP contribution < -0.4 is 10.8 Å². The zero-order chi connectivity index (χ0) is 18.8. The van der Waals surface area contributed by atoms with Crippen molar-refractivity contribution in [2.45, 2.75) is 65.2 Å². The second-order valence-electron chi connectivity index (χ2n) is 7.51. The molecule has 3 rings (SSSR count). The average Bonchev–Trinajstić information content (AvgIpc) is 3.22. The smallest absolute Gasteiger partial charge is 0.461 e. The van der Waals surface area contributed by atoms with Gasteiger partial charge in [0.25, 0.3) is 5.91 Å². The van der Waals surface area contributed by atoms with E-state index in [1.807, 2.05) is 13.8 Å². The van der Waals surface area contributed by atoms with E-state index in [9.17, 15) is 14.6 Å². The quantitative estimate of drug-likeness (QED) is 0.614. The highest BCUT2D eigenvalue weighted by molar-refractivity contribution is 6.62. The number of amides is 1. The van der Waals surface area contributed by atoms with E-state index in [4.69, 9.17) is 9.39 Å². The van der Waals surface area contributed by atoms with Crippen LogP contribution in [0.2, 0.25) is 0 Å². The van der Waals surface area contributed by atoms with E-state index in [0.717, 1.165) is 31.2 Å². The number of esters is 1. The van der Waals surface area contributed by atoms with Gasteiger partial charge in [0.1, 0.15) is 12.1 Å². The summed E-state index contributed by atoms with van der Waals surface area (Å²) >= 11 is 0. The summed E-state index contributed by atoms with van der Waals surface area (Å²) < 4.78 is 10.8. The van der Waals surface area contributed by atoms with Gasteiger partial charge in [0.15, 0.2) is 0 Å². The lowest BCUT2D eigenvalue weighted by Crippen LogP contribution is -2.46. The van der Waals surface area contributed by atoms with Crippen molar-refractivity contribution < 1.29 is 24.0 Å². The van der Waals surface area contributed by atoms with Crippen molar-refractivity contribution in [1.82, 2.24) is 5.32 Å². The Morgan fingerprint density at radius 3 is 2.65 bits per heavy atom. The van der Waals surface area contributed by atoms with Crippen molar-refractivity contribution >= 4 is 24.5 Å². The first-order valence-corrected chi connectivity index (χ1v) is 9.32. The summed E-state index contributed by atoms with van der Waals surface area (Å²) in [6, 6.07) is 2.80.